The van der Waals surface area contributed by atoms with Gasteiger partial charge in [0.05, 0.1) is 0 Å². The largest absolute Gasteiger partial charge is 0.412 e. The van der Waals surface area contributed by atoms with Gasteiger partial charge in [-0.25, -0.2) is 9.18 Å². The molecule has 1 aromatic carbocycles. The average molecular weight is 293 g/mol. The van der Waals surface area contributed by atoms with Crippen molar-refractivity contribution in [2.45, 2.75) is 6.42 Å². The maximum absolute atomic E-state index is 12.1. The minimum absolute atomic E-state index is 0.0462. The number of benzene rings is 1. The summed E-state index contributed by atoms with van der Waals surface area (Å²) < 4.78 is 17.3. The standard InChI is InChI=1S/C15H20FN3O2/c1-19(2)9-6-11-10-18-12-4-3-5-13(14(11)12)21-15(20)17-8-7-16/h3-5,10,18H,6-9H2,1-2H3,(H,17,20). The van der Waals surface area contributed by atoms with E-state index < -0.39 is 12.8 Å². The van der Waals surface area contributed by atoms with Gasteiger partial charge in [-0.2, -0.15) is 0 Å². The number of hydrogen-bond acceptors (Lipinski definition) is 3. The number of H-pyrrole nitrogens is 1. The molecule has 2 rings (SSSR count). The number of halogens is 1. The number of nitrogens with zero attached hydrogens (tertiary/aromatic N) is 1. The Morgan fingerprint density at radius 3 is 2.95 bits per heavy atom. The first-order valence-electron chi connectivity index (χ1n) is 6.87. The lowest BCUT2D eigenvalue weighted by atomic mass is 10.1. The third-order valence-electron chi connectivity index (χ3n) is 3.14. The Labute approximate surface area is 123 Å². The van der Waals surface area contributed by atoms with Crippen LogP contribution in [0.5, 0.6) is 5.75 Å². The Bertz CT molecular complexity index is 610. The topological polar surface area (TPSA) is 57.4 Å². The van der Waals surface area contributed by atoms with Crippen molar-refractivity contribution in [3.63, 3.8) is 0 Å². The monoisotopic (exact) mass is 293 g/mol. The lowest BCUT2D eigenvalue weighted by molar-refractivity contribution is 0.200. The number of aromatic amines is 1. The van der Waals surface area contributed by atoms with Crippen LogP contribution in [0.1, 0.15) is 5.56 Å². The number of carbonyl (C=O) groups excluding carboxylic acids is 1. The molecule has 0 aliphatic carbocycles. The Kier molecular flexibility index (Phi) is 5.16. The fourth-order valence-electron chi connectivity index (χ4n) is 2.13. The molecule has 1 heterocycles. The van der Waals surface area contributed by atoms with Crippen LogP contribution < -0.4 is 10.1 Å². The van der Waals surface area contributed by atoms with Gasteiger partial charge < -0.3 is 19.9 Å². The summed E-state index contributed by atoms with van der Waals surface area (Å²) >= 11 is 0. The Balaban J connectivity index is 2.22. The number of rotatable bonds is 6. The molecule has 0 saturated carbocycles. The van der Waals surface area contributed by atoms with Gasteiger partial charge in [-0.05, 0) is 38.2 Å². The molecule has 0 aliphatic heterocycles. The Morgan fingerprint density at radius 1 is 1.43 bits per heavy atom. The van der Waals surface area contributed by atoms with Crippen molar-refractivity contribution in [1.82, 2.24) is 15.2 Å². The number of hydrogen-bond donors (Lipinski definition) is 2. The van der Waals surface area contributed by atoms with E-state index in [9.17, 15) is 9.18 Å². The molecule has 1 aromatic heterocycles. The summed E-state index contributed by atoms with van der Waals surface area (Å²) in [6.07, 6.45) is 2.14. The summed E-state index contributed by atoms with van der Waals surface area (Å²) in [5, 5.41) is 3.25. The summed E-state index contributed by atoms with van der Waals surface area (Å²) in [4.78, 5) is 16.9. The maximum Gasteiger partial charge on any atom is 0.412 e. The number of aromatic nitrogens is 1. The van der Waals surface area contributed by atoms with Gasteiger partial charge in [0.15, 0.2) is 0 Å². The second-order valence-electron chi connectivity index (χ2n) is 5.05. The van der Waals surface area contributed by atoms with Crippen LogP contribution in [-0.2, 0) is 6.42 Å². The molecule has 114 valence electrons. The molecule has 0 fully saturated rings. The summed E-state index contributed by atoms with van der Waals surface area (Å²) in [5.74, 6) is 0.485. The van der Waals surface area contributed by atoms with Crippen molar-refractivity contribution in [3.05, 3.63) is 30.0 Å². The van der Waals surface area contributed by atoms with Crippen LogP contribution in [0.15, 0.2) is 24.4 Å². The average Bonchev–Trinajstić information content (AvgIpc) is 2.87. The van der Waals surface area contributed by atoms with Crippen LogP contribution in [0.25, 0.3) is 10.9 Å². The molecule has 2 aromatic rings. The molecule has 2 N–H and O–H groups in total. The van der Waals surface area contributed by atoms with Crippen LogP contribution in [0.3, 0.4) is 0 Å². The fraction of sp³-hybridized carbons (Fsp3) is 0.400. The molecule has 0 unspecified atom stereocenters. The zero-order chi connectivity index (χ0) is 15.2. The molecule has 6 heteroatoms. The summed E-state index contributed by atoms with van der Waals surface area (Å²) in [5.41, 5.74) is 2.01. The number of ether oxygens (including phenoxy) is 1. The molecular formula is C15H20FN3O2. The van der Waals surface area contributed by atoms with Gasteiger partial charge >= 0.3 is 6.09 Å². The van der Waals surface area contributed by atoms with Gasteiger partial charge in [0.25, 0.3) is 0 Å². The number of amides is 1. The van der Waals surface area contributed by atoms with Gasteiger partial charge in [0, 0.05) is 30.2 Å². The predicted octanol–water partition coefficient (Wildman–Crippen LogP) is 2.33. The van der Waals surface area contributed by atoms with E-state index in [1.54, 1.807) is 6.07 Å². The van der Waals surface area contributed by atoms with E-state index in [0.717, 1.165) is 29.4 Å². The van der Waals surface area contributed by atoms with Gasteiger partial charge in [-0.1, -0.05) is 6.07 Å². The first-order chi connectivity index (χ1) is 10.1. The SMILES string of the molecule is CN(C)CCc1c[nH]c2cccc(OC(=O)NCCF)c12. The first-order valence-corrected chi connectivity index (χ1v) is 6.87. The number of carbonyl (C=O) groups is 1. The van der Waals surface area contributed by atoms with E-state index in [1.807, 2.05) is 32.4 Å². The van der Waals surface area contributed by atoms with Crippen molar-refractivity contribution in [3.8, 4) is 5.75 Å². The third kappa shape index (κ3) is 3.95. The van der Waals surface area contributed by atoms with Crippen LogP contribution in [0.4, 0.5) is 9.18 Å². The highest BCUT2D eigenvalue weighted by atomic mass is 19.1. The molecular weight excluding hydrogens is 273 g/mol. The van der Waals surface area contributed by atoms with Gasteiger partial charge in [-0.15, -0.1) is 0 Å². The number of nitrogens with one attached hydrogen (secondary N) is 2. The molecule has 1 amide bonds. The van der Waals surface area contributed by atoms with E-state index in [2.05, 4.69) is 15.2 Å². The van der Waals surface area contributed by atoms with Crippen molar-refractivity contribution in [1.29, 1.82) is 0 Å². The summed E-state index contributed by atoms with van der Waals surface area (Å²) in [7, 11) is 4.02. The highest BCUT2D eigenvalue weighted by molar-refractivity contribution is 5.91. The number of likely N-dealkylation sites (N-methyl/N-ethyl adjacent to an activating group) is 1. The quantitative estimate of drug-likeness (QED) is 0.859. The lowest BCUT2D eigenvalue weighted by Crippen LogP contribution is -2.28. The summed E-state index contributed by atoms with van der Waals surface area (Å²) in [6.45, 7) is 0.238. The molecule has 0 atom stereocenters. The molecule has 0 spiro atoms. The van der Waals surface area contributed by atoms with Crippen molar-refractivity contribution in [2.24, 2.45) is 0 Å². The van der Waals surface area contributed by atoms with Crippen molar-refractivity contribution >= 4 is 17.0 Å². The smallest absolute Gasteiger partial charge is 0.410 e. The molecule has 0 radical (unpaired) electrons. The highest BCUT2D eigenvalue weighted by Gasteiger charge is 2.12. The van der Waals surface area contributed by atoms with Crippen molar-refractivity contribution < 1.29 is 13.9 Å². The third-order valence-corrected chi connectivity index (χ3v) is 3.14. The zero-order valence-electron chi connectivity index (χ0n) is 12.3. The number of fused-ring (bicyclic) bond motifs is 1. The van der Waals surface area contributed by atoms with Crippen LogP contribution in [0, 0.1) is 0 Å². The van der Waals surface area contributed by atoms with E-state index in [-0.39, 0.29) is 6.54 Å². The fourth-order valence-corrected chi connectivity index (χ4v) is 2.13. The normalized spacial score (nSPS) is 11.0. The highest BCUT2D eigenvalue weighted by Crippen LogP contribution is 2.29. The van der Waals surface area contributed by atoms with Gasteiger partial charge in [0.2, 0.25) is 0 Å². The van der Waals surface area contributed by atoms with E-state index in [1.165, 1.54) is 0 Å². The van der Waals surface area contributed by atoms with Gasteiger partial charge in [0.1, 0.15) is 12.4 Å². The van der Waals surface area contributed by atoms with Gasteiger partial charge in [-0.3, -0.25) is 0 Å². The molecule has 5 nitrogen and oxygen atoms in total. The Hall–Kier alpha value is -2.08. The predicted molar refractivity (Wildman–Crippen MR) is 80.6 cm³/mol. The lowest BCUT2D eigenvalue weighted by Gasteiger charge is -2.10. The second kappa shape index (κ2) is 7.08. The second-order valence-corrected chi connectivity index (χ2v) is 5.05. The van der Waals surface area contributed by atoms with Crippen LogP contribution in [0.2, 0.25) is 0 Å². The zero-order valence-corrected chi connectivity index (χ0v) is 12.3. The van der Waals surface area contributed by atoms with E-state index in [4.69, 9.17) is 4.74 Å². The first kappa shape index (κ1) is 15.3. The molecule has 21 heavy (non-hydrogen) atoms. The molecule has 0 saturated heterocycles. The minimum atomic E-state index is -0.639. The van der Waals surface area contributed by atoms with Crippen molar-refractivity contribution in [2.75, 3.05) is 33.9 Å². The van der Waals surface area contributed by atoms with Crippen LogP contribution >= 0.6 is 0 Å². The molecule has 0 aliphatic rings. The van der Waals surface area contributed by atoms with Crippen LogP contribution in [-0.4, -0.2) is 49.8 Å². The molecule has 0 bridgehead atoms. The summed E-state index contributed by atoms with van der Waals surface area (Å²) in [6, 6.07) is 5.48. The minimum Gasteiger partial charge on any atom is -0.410 e. The van der Waals surface area contributed by atoms with E-state index >= 15 is 0 Å². The number of alkyl halides is 1. The Morgan fingerprint density at radius 2 is 2.24 bits per heavy atom. The maximum atomic E-state index is 12.1. The van der Waals surface area contributed by atoms with E-state index in [0.29, 0.717) is 5.75 Å².